The van der Waals surface area contributed by atoms with Crippen molar-refractivity contribution >= 4 is 17.7 Å². The third-order valence-corrected chi connectivity index (χ3v) is 4.15. The Morgan fingerprint density at radius 1 is 1.42 bits per heavy atom. The molecular formula is C14H20N2O2S. The standard InChI is InChI=1S/C14H20N2O2S/c1-2-19-13-8-3-10(9-15-13)14(18)16-11-4-6-12(17)7-5-11/h3,8-9,11-12,17H,2,4-7H2,1H3,(H,16,18). The second-order valence-electron chi connectivity index (χ2n) is 4.80. The predicted octanol–water partition coefficient (Wildman–Crippen LogP) is 2.23. The third-order valence-electron chi connectivity index (χ3n) is 3.32. The molecule has 2 rings (SSSR count). The summed E-state index contributed by atoms with van der Waals surface area (Å²) in [5.41, 5.74) is 0.603. The molecule has 1 aromatic rings. The number of thioether (sulfide) groups is 1. The molecule has 1 aliphatic rings. The van der Waals surface area contributed by atoms with E-state index in [0.717, 1.165) is 36.5 Å². The second-order valence-corrected chi connectivity index (χ2v) is 6.08. The number of nitrogens with zero attached hydrogens (tertiary/aromatic N) is 1. The van der Waals surface area contributed by atoms with Crippen molar-refractivity contribution in [3.05, 3.63) is 23.9 Å². The van der Waals surface area contributed by atoms with Gasteiger partial charge in [0.15, 0.2) is 0 Å². The van der Waals surface area contributed by atoms with Gasteiger partial charge in [0.25, 0.3) is 5.91 Å². The van der Waals surface area contributed by atoms with E-state index in [1.54, 1.807) is 18.0 Å². The van der Waals surface area contributed by atoms with Gasteiger partial charge in [-0.1, -0.05) is 6.92 Å². The predicted molar refractivity (Wildman–Crippen MR) is 76.4 cm³/mol. The summed E-state index contributed by atoms with van der Waals surface area (Å²) in [5.74, 6) is 0.907. The van der Waals surface area contributed by atoms with Gasteiger partial charge in [0.1, 0.15) is 0 Å². The van der Waals surface area contributed by atoms with Crippen molar-refractivity contribution < 1.29 is 9.90 Å². The van der Waals surface area contributed by atoms with Crippen molar-refractivity contribution in [3.8, 4) is 0 Å². The molecule has 0 spiro atoms. The van der Waals surface area contributed by atoms with Crippen molar-refractivity contribution in [1.82, 2.24) is 10.3 Å². The Morgan fingerprint density at radius 3 is 2.74 bits per heavy atom. The van der Waals surface area contributed by atoms with Crippen LogP contribution in [0.4, 0.5) is 0 Å². The highest BCUT2D eigenvalue weighted by Crippen LogP contribution is 2.19. The topological polar surface area (TPSA) is 62.2 Å². The molecule has 1 saturated carbocycles. The van der Waals surface area contributed by atoms with Crippen molar-refractivity contribution in [2.24, 2.45) is 0 Å². The minimum Gasteiger partial charge on any atom is -0.393 e. The van der Waals surface area contributed by atoms with Crippen LogP contribution in [-0.2, 0) is 0 Å². The summed E-state index contributed by atoms with van der Waals surface area (Å²) in [6, 6.07) is 3.88. The molecule has 0 atom stereocenters. The Labute approximate surface area is 118 Å². The van der Waals surface area contributed by atoms with Gasteiger partial charge < -0.3 is 10.4 Å². The van der Waals surface area contributed by atoms with Crippen molar-refractivity contribution in [3.63, 3.8) is 0 Å². The van der Waals surface area contributed by atoms with Crippen LogP contribution >= 0.6 is 11.8 Å². The zero-order chi connectivity index (χ0) is 13.7. The van der Waals surface area contributed by atoms with Gasteiger partial charge in [-0.05, 0) is 43.6 Å². The minimum absolute atomic E-state index is 0.0676. The average molecular weight is 280 g/mol. The monoisotopic (exact) mass is 280 g/mol. The fraction of sp³-hybridized carbons (Fsp3) is 0.571. The number of hydrogen-bond acceptors (Lipinski definition) is 4. The zero-order valence-electron chi connectivity index (χ0n) is 11.1. The molecule has 1 amide bonds. The van der Waals surface area contributed by atoms with Crippen molar-refractivity contribution in [2.75, 3.05) is 5.75 Å². The number of hydrogen-bond donors (Lipinski definition) is 2. The number of amides is 1. The number of carbonyl (C=O) groups excluding carboxylic acids is 1. The molecule has 0 saturated heterocycles. The molecule has 1 aromatic heterocycles. The highest BCUT2D eigenvalue weighted by atomic mass is 32.2. The summed E-state index contributed by atoms with van der Waals surface area (Å²) >= 11 is 1.66. The molecule has 0 aliphatic heterocycles. The first-order valence-electron chi connectivity index (χ1n) is 6.77. The van der Waals surface area contributed by atoms with E-state index < -0.39 is 0 Å². The summed E-state index contributed by atoms with van der Waals surface area (Å²) in [6.07, 6.45) is 4.68. The van der Waals surface area contributed by atoms with E-state index in [0.29, 0.717) is 5.56 Å². The van der Waals surface area contributed by atoms with Crippen LogP contribution in [-0.4, -0.2) is 33.9 Å². The maximum absolute atomic E-state index is 12.0. The highest BCUT2D eigenvalue weighted by molar-refractivity contribution is 7.99. The SMILES string of the molecule is CCSc1ccc(C(=O)NC2CCC(O)CC2)cn1. The molecule has 104 valence electrons. The van der Waals surface area contributed by atoms with E-state index >= 15 is 0 Å². The fourth-order valence-electron chi connectivity index (χ4n) is 2.24. The molecule has 0 unspecified atom stereocenters. The van der Waals surface area contributed by atoms with Crippen LogP contribution in [0.15, 0.2) is 23.4 Å². The molecule has 19 heavy (non-hydrogen) atoms. The molecule has 2 N–H and O–H groups in total. The average Bonchev–Trinajstić information content (AvgIpc) is 2.42. The number of pyridine rings is 1. The van der Waals surface area contributed by atoms with E-state index in [4.69, 9.17) is 0 Å². The van der Waals surface area contributed by atoms with Gasteiger partial charge in [-0.3, -0.25) is 4.79 Å². The van der Waals surface area contributed by atoms with Crippen LogP contribution in [0.5, 0.6) is 0 Å². The van der Waals surface area contributed by atoms with E-state index in [1.165, 1.54) is 0 Å². The number of carbonyl (C=O) groups is 1. The fourth-order valence-corrected chi connectivity index (χ4v) is 2.82. The number of aliphatic hydroxyl groups excluding tert-OH is 1. The molecule has 4 nitrogen and oxygen atoms in total. The lowest BCUT2D eigenvalue weighted by Crippen LogP contribution is -2.38. The molecule has 1 fully saturated rings. The molecular weight excluding hydrogens is 260 g/mol. The minimum atomic E-state index is -0.194. The van der Waals surface area contributed by atoms with E-state index in [9.17, 15) is 9.90 Å². The van der Waals surface area contributed by atoms with Gasteiger partial charge in [0.05, 0.1) is 16.7 Å². The van der Waals surface area contributed by atoms with Crippen LogP contribution in [0.25, 0.3) is 0 Å². The molecule has 0 bridgehead atoms. The van der Waals surface area contributed by atoms with Gasteiger partial charge in [0, 0.05) is 12.2 Å². The van der Waals surface area contributed by atoms with Crippen LogP contribution in [0.1, 0.15) is 43.0 Å². The van der Waals surface area contributed by atoms with Crippen LogP contribution in [0.3, 0.4) is 0 Å². The second kappa shape index (κ2) is 6.91. The Kier molecular flexibility index (Phi) is 5.22. The first-order chi connectivity index (χ1) is 9.19. The number of aromatic nitrogens is 1. The molecule has 5 heteroatoms. The van der Waals surface area contributed by atoms with Crippen molar-refractivity contribution in [1.29, 1.82) is 0 Å². The molecule has 0 aromatic carbocycles. The van der Waals surface area contributed by atoms with Crippen LogP contribution in [0, 0.1) is 0 Å². The highest BCUT2D eigenvalue weighted by Gasteiger charge is 2.21. The normalized spacial score (nSPS) is 23.1. The third kappa shape index (κ3) is 4.21. The quantitative estimate of drug-likeness (QED) is 0.830. The van der Waals surface area contributed by atoms with Gasteiger partial charge in [0.2, 0.25) is 0 Å². The van der Waals surface area contributed by atoms with Crippen molar-refractivity contribution in [2.45, 2.75) is 49.8 Å². The van der Waals surface area contributed by atoms with Gasteiger partial charge in [-0.25, -0.2) is 4.98 Å². The van der Waals surface area contributed by atoms with E-state index in [1.807, 2.05) is 12.1 Å². The lowest BCUT2D eigenvalue weighted by molar-refractivity contribution is 0.0867. The smallest absolute Gasteiger partial charge is 0.253 e. The summed E-state index contributed by atoms with van der Waals surface area (Å²) in [6.45, 7) is 2.07. The zero-order valence-corrected chi connectivity index (χ0v) is 11.9. The van der Waals surface area contributed by atoms with Gasteiger partial charge >= 0.3 is 0 Å². The summed E-state index contributed by atoms with van der Waals surface area (Å²) in [5, 5.41) is 13.4. The number of rotatable bonds is 4. The molecule has 1 heterocycles. The first kappa shape index (κ1) is 14.3. The maximum atomic E-state index is 12.0. The number of aliphatic hydroxyl groups is 1. The Balaban J connectivity index is 1.88. The lowest BCUT2D eigenvalue weighted by atomic mass is 9.93. The first-order valence-corrected chi connectivity index (χ1v) is 7.75. The summed E-state index contributed by atoms with van der Waals surface area (Å²) in [4.78, 5) is 16.3. The molecule has 0 radical (unpaired) electrons. The van der Waals surface area contributed by atoms with E-state index in [-0.39, 0.29) is 18.1 Å². The van der Waals surface area contributed by atoms with Crippen LogP contribution in [0.2, 0.25) is 0 Å². The summed E-state index contributed by atoms with van der Waals surface area (Å²) < 4.78 is 0. The largest absolute Gasteiger partial charge is 0.393 e. The molecule has 1 aliphatic carbocycles. The Hall–Kier alpha value is -1.07. The number of nitrogens with one attached hydrogen (secondary N) is 1. The maximum Gasteiger partial charge on any atom is 0.253 e. The van der Waals surface area contributed by atoms with Gasteiger partial charge in [-0.15, -0.1) is 11.8 Å². The van der Waals surface area contributed by atoms with Crippen LogP contribution < -0.4 is 5.32 Å². The van der Waals surface area contributed by atoms with E-state index in [2.05, 4.69) is 17.2 Å². The van der Waals surface area contributed by atoms with Gasteiger partial charge in [-0.2, -0.15) is 0 Å². The summed E-state index contributed by atoms with van der Waals surface area (Å²) in [7, 11) is 0. The lowest BCUT2D eigenvalue weighted by Gasteiger charge is -2.26. The Morgan fingerprint density at radius 2 is 2.16 bits per heavy atom. The Bertz CT molecular complexity index is 414.